The zero-order chi connectivity index (χ0) is 12.5. The van der Waals surface area contributed by atoms with Gasteiger partial charge in [-0.3, -0.25) is 4.90 Å². The molecular formula is C14H24N4. The zero-order valence-electron chi connectivity index (χ0n) is 11.3. The van der Waals surface area contributed by atoms with Crippen molar-refractivity contribution in [2.75, 3.05) is 19.6 Å². The average Bonchev–Trinajstić information content (AvgIpc) is 3.30. The van der Waals surface area contributed by atoms with Crippen LogP contribution in [0.4, 0.5) is 0 Å². The van der Waals surface area contributed by atoms with E-state index in [0.29, 0.717) is 18.6 Å². The van der Waals surface area contributed by atoms with E-state index < -0.39 is 0 Å². The molecule has 0 spiro atoms. The first-order valence-electron chi connectivity index (χ1n) is 7.29. The van der Waals surface area contributed by atoms with Gasteiger partial charge in [-0.2, -0.15) is 0 Å². The van der Waals surface area contributed by atoms with Gasteiger partial charge in [0.2, 0.25) is 0 Å². The number of nitrogens with zero attached hydrogens (tertiary/aromatic N) is 3. The summed E-state index contributed by atoms with van der Waals surface area (Å²) in [5.41, 5.74) is 7.37. The topological polar surface area (TPSA) is 47.1 Å². The molecule has 1 aromatic rings. The van der Waals surface area contributed by atoms with Gasteiger partial charge in [-0.1, -0.05) is 6.92 Å². The van der Waals surface area contributed by atoms with Crippen molar-refractivity contribution in [3.63, 3.8) is 0 Å². The van der Waals surface area contributed by atoms with Gasteiger partial charge in [0.15, 0.2) is 0 Å². The molecule has 2 aliphatic carbocycles. The van der Waals surface area contributed by atoms with E-state index in [4.69, 9.17) is 5.73 Å². The summed E-state index contributed by atoms with van der Waals surface area (Å²) in [6.45, 7) is 5.21. The molecule has 2 N–H and O–H groups in total. The van der Waals surface area contributed by atoms with E-state index in [1.807, 2.05) is 12.5 Å². The minimum atomic E-state index is 0.346. The first-order chi connectivity index (χ1) is 8.83. The molecule has 1 atom stereocenters. The van der Waals surface area contributed by atoms with Crippen LogP contribution in [0.5, 0.6) is 0 Å². The Labute approximate surface area is 109 Å². The molecule has 0 radical (unpaired) electrons. The molecule has 2 aliphatic rings. The van der Waals surface area contributed by atoms with Crippen molar-refractivity contribution in [2.45, 2.75) is 44.7 Å². The maximum atomic E-state index is 6.04. The molecule has 3 rings (SSSR count). The molecular weight excluding hydrogens is 224 g/mol. The Balaban J connectivity index is 1.77. The van der Waals surface area contributed by atoms with Crippen LogP contribution in [0.1, 0.15) is 50.4 Å². The third-order valence-electron chi connectivity index (χ3n) is 4.24. The fourth-order valence-electron chi connectivity index (χ4n) is 2.80. The normalized spacial score (nSPS) is 21.5. The Bertz CT molecular complexity index is 392. The van der Waals surface area contributed by atoms with E-state index >= 15 is 0 Å². The maximum absolute atomic E-state index is 6.04. The third kappa shape index (κ3) is 2.45. The van der Waals surface area contributed by atoms with Crippen molar-refractivity contribution >= 4 is 0 Å². The standard InChI is InChI=1S/C14H24N4/c1-2-17(9-11-3-4-11)13(7-15)14-8-16-10-18(14)12-5-6-12/h8,10-13H,2-7,9,15H2,1H3. The fraction of sp³-hybridized carbons (Fsp3) is 0.786. The van der Waals surface area contributed by atoms with E-state index in [1.54, 1.807) is 0 Å². The number of rotatable bonds is 7. The van der Waals surface area contributed by atoms with Crippen LogP contribution in [-0.2, 0) is 0 Å². The predicted octanol–water partition coefficient (Wildman–Crippen LogP) is 1.95. The highest BCUT2D eigenvalue weighted by Crippen LogP contribution is 2.38. The Morgan fingerprint density at radius 1 is 1.44 bits per heavy atom. The summed E-state index contributed by atoms with van der Waals surface area (Å²) >= 11 is 0. The summed E-state index contributed by atoms with van der Waals surface area (Å²) in [7, 11) is 0. The highest BCUT2D eigenvalue weighted by molar-refractivity contribution is 5.10. The van der Waals surface area contributed by atoms with Gasteiger partial charge in [0, 0.05) is 25.3 Å². The van der Waals surface area contributed by atoms with Crippen LogP contribution >= 0.6 is 0 Å². The van der Waals surface area contributed by atoms with Gasteiger partial charge < -0.3 is 10.3 Å². The van der Waals surface area contributed by atoms with Crippen molar-refractivity contribution in [2.24, 2.45) is 11.7 Å². The number of hydrogen-bond donors (Lipinski definition) is 1. The number of aromatic nitrogens is 2. The van der Waals surface area contributed by atoms with Gasteiger partial charge in [0.05, 0.1) is 18.1 Å². The first-order valence-corrected chi connectivity index (χ1v) is 7.29. The van der Waals surface area contributed by atoms with E-state index in [9.17, 15) is 0 Å². The monoisotopic (exact) mass is 248 g/mol. The van der Waals surface area contributed by atoms with Crippen LogP contribution in [-0.4, -0.2) is 34.1 Å². The second-order valence-electron chi connectivity index (χ2n) is 5.74. The van der Waals surface area contributed by atoms with Crippen molar-refractivity contribution < 1.29 is 0 Å². The quantitative estimate of drug-likeness (QED) is 0.802. The predicted molar refractivity (Wildman–Crippen MR) is 72.3 cm³/mol. The zero-order valence-corrected chi connectivity index (χ0v) is 11.3. The lowest BCUT2D eigenvalue weighted by atomic mass is 10.1. The first kappa shape index (κ1) is 12.2. The molecule has 0 saturated heterocycles. The highest BCUT2D eigenvalue weighted by Gasteiger charge is 2.32. The summed E-state index contributed by atoms with van der Waals surface area (Å²) < 4.78 is 2.35. The van der Waals surface area contributed by atoms with Crippen LogP contribution in [0.2, 0.25) is 0 Å². The third-order valence-corrected chi connectivity index (χ3v) is 4.24. The van der Waals surface area contributed by atoms with Crippen LogP contribution in [0.3, 0.4) is 0 Å². The Hall–Kier alpha value is -0.870. The summed E-state index contributed by atoms with van der Waals surface area (Å²) in [5.74, 6) is 0.913. The summed E-state index contributed by atoms with van der Waals surface area (Å²) in [6, 6.07) is 1.04. The lowest BCUT2D eigenvalue weighted by Crippen LogP contribution is -2.36. The number of imidazole rings is 1. The lowest BCUT2D eigenvalue weighted by molar-refractivity contribution is 0.196. The van der Waals surface area contributed by atoms with Crippen LogP contribution < -0.4 is 5.73 Å². The van der Waals surface area contributed by atoms with E-state index in [0.717, 1.165) is 12.5 Å². The molecule has 1 unspecified atom stereocenters. The Morgan fingerprint density at radius 2 is 2.22 bits per heavy atom. The smallest absolute Gasteiger partial charge is 0.0951 e. The van der Waals surface area contributed by atoms with Crippen LogP contribution in [0, 0.1) is 5.92 Å². The molecule has 2 fully saturated rings. The van der Waals surface area contributed by atoms with Gasteiger partial charge in [-0.05, 0) is 38.1 Å². The van der Waals surface area contributed by atoms with Crippen molar-refractivity contribution in [1.82, 2.24) is 14.5 Å². The molecule has 100 valence electrons. The van der Waals surface area contributed by atoms with Gasteiger partial charge in [0.25, 0.3) is 0 Å². The van der Waals surface area contributed by atoms with Crippen molar-refractivity contribution in [1.29, 1.82) is 0 Å². The molecule has 18 heavy (non-hydrogen) atoms. The molecule has 2 saturated carbocycles. The molecule has 1 aromatic heterocycles. The second kappa shape index (κ2) is 5.02. The highest BCUT2D eigenvalue weighted by atomic mass is 15.2. The van der Waals surface area contributed by atoms with E-state index in [1.165, 1.54) is 37.9 Å². The number of likely N-dealkylation sites (N-methyl/N-ethyl adjacent to an activating group) is 1. The Morgan fingerprint density at radius 3 is 2.78 bits per heavy atom. The molecule has 0 aliphatic heterocycles. The molecule has 0 aromatic carbocycles. The fourth-order valence-corrected chi connectivity index (χ4v) is 2.80. The van der Waals surface area contributed by atoms with Gasteiger partial charge in [-0.25, -0.2) is 4.98 Å². The number of nitrogens with two attached hydrogens (primary N) is 1. The maximum Gasteiger partial charge on any atom is 0.0951 e. The lowest BCUT2D eigenvalue weighted by Gasteiger charge is -2.30. The largest absolute Gasteiger partial charge is 0.330 e. The molecule has 1 heterocycles. The van der Waals surface area contributed by atoms with Gasteiger partial charge in [0.1, 0.15) is 0 Å². The summed E-state index contributed by atoms with van der Waals surface area (Å²) in [5, 5.41) is 0. The molecule has 4 heteroatoms. The van der Waals surface area contributed by atoms with E-state index in [-0.39, 0.29) is 0 Å². The minimum Gasteiger partial charge on any atom is -0.330 e. The van der Waals surface area contributed by atoms with Crippen LogP contribution in [0.25, 0.3) is 0 Å². The van der Waals surface area contributed by atoms with Crippen molar-refractivity contribution in [3.05, 3.63) is 18.2 Å². The minimum absolute atomic E-state index is 0.346. The van der Waals surface area contributed by atoms with E-state index in [2.05, 4.69) is 21.4 Å². The van der Waals surface area contributed by atoms with Crippen LogP contribution in [0.15, 0.2) is 12.5 Å². The SMILES string of the molecule is CCN(CC1CC1)C(CN)c1cncn1C1CC1. The molecule has 0 amide bonds. The molecule has 4 nitrogen and oxygen atoms in total. The average molecular weight is 248 g/mol. The van der Waals surface area contributed by atoms with Crippen molar-refractivity contribution in [3.8, 4) is 0 Å². The molecule has 0 bridgehead atoms. The summed E-state index contributed by atoms with van der Waals surface area (Å²) in [6.07, 6.45) is 9.40. The van der Waals surface area contributed by atoms with Gasteiger partial charge >= 0.3 is 0 Å². The summed E-state index contributed by atoms with van der Waals surface area (Å²) in [4.78, 5) is 6.88. The number of hydrogen-bond acceptors (Lipinski definition) is 3. The Kier molecular flexibility index (Phi) is 3.39. The second-order valence-corrected chi connectivity index (χ2v) is 5.74. The van der Waals surface area contributed by atoms with Gasteiger partial charge in [-0.15, -0.1) is 0 Å².